The topological polar surface area (TPSA) is 65.8 Å². The Bertz CT molecular complexity index is 5150. The average molecular weight is 1160 g/mol. The van der Waals surface area contributed by atoms with Gasteiger partial charge in [0.05, 0.1) is 62.8 Å². The Morgan fingerprint density at radius 1 is 0.267 bits per heavy atom. The molecule has 16 aromatic rings. The standard InChI is InChI=1S/C81H49F2N7/c1-84-75-46-81(90-78-36-28-57(61-24-32-73(87-49-61)53-18-10-4-11-19-53)42-69(78)70-43-58(29-37-79(70)90)62-25-33-74(88-50-62)54-20-12-5-13-21-54)80(45-66(75)63-38-64(82)44-65(83)39-63)89-76-34-26-55(59-22-30-71(85-47-59)51-14-6-2-7-15-51)40-67(76)68-41-56(27-35-77(68)89)60-23-31-72(86-48-60)52-16-8-3-9-17-52/h2-50H. The lowest BCUT2D eigenvalue weighted by Gasteiger charge is -2.20. The molecule has 6 aromatic heterocycles. The molecule has 90 heavy (non-hydrogen) atoms. The van der Waals surface area contributed by atoms with Crippen molar-refractivity contribution >= 4 is 49.3 Å². The van der Waals surface area contributed by atoms with Crippen molar-refractivity contribution in [3.8, 4) is 112 Å². The van der Waals surface area contributed by atoms with Crippen LogP contribution in [0.15, 0.2) is 298 Å². The summed E-state index contributed by atoms with van der Waals surface area (Å²) in [7, 11) is 0. The van der Waals surface area contributed by atoms with Gasteiger partial charge in [-0.15, -0.1) is 0 Å². The highest BCUT2D eigenvalue weighted by atomic mass is 19.1. The van der Waals surface area contributed by atoms with Gasteiger partial charge in [0.1, 0.15) is 11.6 Å². The quantitative estimate of drug-likeness (QED) is 0.121. The van der Waals surface area contributed by atoms with Crippen LogP contribution in [0, 0.1) is 18.2 Å². The molecule has 6 heterocycles. The molecule has 0 unspecified atom stereocenters. The third-order valence-corrected chi connectivity index (χ3v) is 17.1. The number of hydrogen-bond donors (Lipinski definition) is 0. The Morgan fingerprint density at radius 3 is 0.833 bits per heavy atom. The minimum atomic E-state index is -0.745. The van der Waals surface area contributed by atoms with E-state index < -0.39 is 11.6 Å². The van der Waals surface area contributed by atoms with E-state index in [1.807, 2.05) is 110 Å². The largest absolute Gasteiger partial charge is 0.308 e. The van der Waals surface area contributed by atoms with Crippen molar-refractivity contribution in [2.75, 3.05) is 0 Å². The zero-order valence-corrected chi connectivity index (χ0v) is 48.2. The second-order valence-corrected chi connectivity index (χ2v) is 22.4. The summed E-state index contributed by atoms with van der Waals surface area (Å²) in [5.74, 6) is -1.49. The minimum Gasteiger partial charge on any atom is -0.308 e. The Labute approximate surface area is 517 Å². The summed E-state index contributed by atoms with van der Waals surface area (Å²) < 4.78 is 35.5. The van der Waals surface area contributed by atoms with Crippen LogP contribution in [0.4, 0.5) is 14.5 Å². The van der Waals surface area contributed by atoms with Crippen molar-refractivity contribution in [1.29, 1.82) is 0 Å². The van der Waals surface area contributed by atoms with Crippen molar-refractivity contribution in [3.63, 3.8) is 0 Å². The number of halogens is 2. The molecule has 10 aromatic carbocycles. The van der Waals surface area contributed by atoms with Gasteiger partial charge in [0.25, 0.3) is 0 Å². The zero-order chi connectivity index (χ0) is 60.2. The highest BCUT2D eigenvalue weighted by molar-refractivity contribution is 6.14. The van der Waals surface area contributed by atoms with Crippen LogP contribution in [0.1, 0.15) is 0 Å². The van der Waals surface area contributed by atoms with Crippen molar-refractivity contribution in [1.82, 2.24) is 29.1 Å². The molecule has 0 aliphatic heterocycles. The van der Waals surface area contributed by atoms with E-state index in [4.69, 9.17) is 26.5 Å². The van der Waals surface area contributed by atoms with Gasteiger partial charge in [-0.25, -0.2) is 13.6 Å². The van der Waals surface area contributed by atoms with E-state index in [1.54, 1.807) is 0 Å². The van der Waals surface area contributed by atoms with Crippen molar-refractivity contribution < 1.29 is 8.78 Å². The lowest BCUT2D eigenvalue weighted by atomic mass is 10.0. The first-order valence-electron chi connectivity index (χ1n) is 29.6. The van der Waals surface area contributed by atoms with Gasteiger partial charge in [-0.05, 0) is 130 Å². The molecule has 0 saturated heterocycles. The maximum absolute atomic E-state index is 15.5. The van der Waals surface area contributed by atoms with Crippen molar-refractivity contribution in [3.05, 3.63) is 321 Å². The Kier molecular flexibility index (Phi) is 13.2. The predicted molar refractivity (Wildman–Crippen MR) is 361 cm³/mol. The monoisotopic (exact) mass is 1160 g/mol. The number of pyridine rings is 4. The Hall–Kier alpha value is -12.3. The Balaban J connectivity index is 0.940. The molecule has 0 atom stereocenters. The van der Waals surface area contributed by atoms with Crippen LogP contribution in [0.5, 0.6) is 0 Å². The molecule has 16 rings (SSSR count). The zero-order valence-electron chi connectivity index (χ0n) is 48.2. The summed E-state index contributed by atoms with van der Waals surface area (Å²) in [6.45, 7) is 8.82. The van der Waals surface area contributed by atoms with Gasteiger partial charge in [0, 0.05) is 96.9 Å². The van der Waals surface area contributed by atoms with E-state index >= 15 is 8.78 Å². The van der Waals surface area contributed by atoms with Gasteiger partial charge >= 0.3 is 0 Å². The van der Waals surface area contributed by atoms with Crippen LogP contribution in [0.2, 0.25) is 0 Å². The van der Waals surface area contributed by atoms with Crippen molar-refractivity contribution in [2.24, 2.45) is 0 Å². The molecule has 0 aliphatic carbocycles. The first kappa shape index (κ1) is 53.2. The minimum absolute atomic E-state index is 0.222. The summed E-state index contributed by atoms with van der Waals surface area (Å²) in [5, 5.41) is 3.85. The number of aromatic nitrogens is 6. The second-order valence-electron chi connectivity index (χ2n) is 22.4. The Morgan fingerprint density at radius 2 is 0.556 bits per heavy atom. The van der Waals surface area contributed by atoms with Crippen LogP contribution < -0.4 is 0 Å². The molecule has 0 amide bonds. The predicted octanol–water partition coefficient (Wildman–Crippen LogP) is 21.3. The summed E-state index contributed by atoms with van der Waals surface area (Å²) in [6, 6.07) is 90.4. The van der Waals surface area contributed by atoms with Gasteiger partial charge in [-0.1, -0.05) is 170 Å². The lowest BCUT2D eigenvalue weighted by Crippen LogP contribution is -2.04. The van der Waals surface area contributed by atoms with E-state index in [9.17, 15) is 0 Å². The van der Waals surface area contributed by atoms with E-state index in [-0.39, 0.29) is 11.3 Å². The molecule has 9 heteroatoms. The second kappa shape index (κ2) is 22.2. The molecule has 0 bridgehead atoms. The molecular weight excluding hydrogens is 1110 g/mol. The molecule has 0 N–H and O–H groups in total. The first-order valence-corrected chi connectivity index (χ1v) is 29.6. The van der Waals surface area contributed by atoms with Crippen LogP contribution in [-0.2, 0) is 0 Å². The molecule has 0 aliphatic rings. The SMILES string of the molecule is [C-]#[N+]c1cc(-n2c3ccc(-c4ccc(-c5ccccc5)nc4)cc3c3cc(-c4ccc(-c5ccccc5)nc4)ccc32)c(-n2c3ccc(-c4ccc(-c5ccccc5)nc4)cc3c3cc(-c4ccc(-c5ccccc5)nc4)ccc32)cc1-c1cc(F)cc(F)c1. The van der Waals surface area contributed by atoms with E-state index in [2.05, 4.69) is 184 Å². The number of hydrogen-bond acceptors (Lipinski definition) is 4. The number of rotatable bonds is 11. The summed E-state index contributed by atoms with van der Waals surface area (Å²) in [6.07, 6.45) is 7.69. The molecule has 0 radical (unpaired) electrons. The van der Waals surface area contributed by atoms with Crippen LogP contribution in [-0.4, -0.2) is 29.1 Å². The van der Waals surface area contributed by atoms with Crippen LogP contribution in [0.3, 0.4) is 0 Å². The third-order valence-electron chi connectivity index (χ3n) is 17.1. The molecule has 422 valence electrons. The van der Waals surface area contributed by atoms with E-state index in [0.29, 0.717) is 16.9 Å². The average Bonchev–Trinajstić information content (AvgIpc) is 1.65. The fourth-order valence-corrected chi connectivity index (χ4v) is 12.6. The number of fused-ring (bicyclic) bond motifs is 6. The van der Waals surface area contributed by atoms with E-state index in [1.165, 1.54) is 12.1 Å². The molecule has 7 nitrogen and oxygen atoms in total. The number of nitrogens with zero attached hydrogens (tertiary/aromatic N) is 7. The summed E-state index contributed by atoms with van der Waals surface area (Å²) in [4.78, 5) is 23.9. The number of benzene rings is 10. The maximum atomic E-state index is 15.5. The van der Waals surface area contributed by atoms with Crippen molar-refractivity contribution in [2.45, 2.75) is 0 Å². The third kappa shape index (κ3) is 9.62. The molecule has 0 saturated carbocycles. The van der Waals surface area contributed by atoms with Crippen LogP contribution in [0.25, 0.3) is 160 Å². The fraction of sp³-hybridized carbons (Fsp3) is 0. The first-order chi connectivity index (χ1) is 44.3. The van der Waals surface area contributed by atoms with Gasteiger partial charge in [0.15, 0.2) is 5.69 Å². The smallest absolute Gasteiger partial charge is 0.197 e. The summed E-state index contributed by atoms with van der Waals surface area (Å²) >= 11 is 0. The highest BCUT2D eigenvalue weighted by Gasteiger charge is 2.25. The van der Waals surface area contributed by atoms with E-state index in [0.717, 1.165) is 139 Å². The highest BCUT2D eigenvalue weighted by Crippen LogP contribution is 2.46. The van der Waals surface area contributed by atoms with Gasteiger partial charge in [0.2, 0.25) is 0 Å². The normalized spacial score (nSPS) is 11.4. The molecular formula is C81H49F2N7. The summed E-state index contributed by atoms with van der Waals surface area (Å²) in [5.41, 5.74) is 21.0. The fourth-order valence-electron chi connectivity index (χ4n) is 12.6. The lowest BCUT2D eigenvalue weighted by molar-refractivity contribution is 0.584. The van der Waals surface area contributed by atoms with Gasteiger partial charge < -0.3 is 9.13 Å². The molecule has 0 fully saturated rings. The van der Waals surface area contributed by atoms with Gasteiger partial charge in [-0.3, -0.25) is 19.9 Å². The maximum Gasteiger partial charge on any atom is 0.197 e. The molecule has 0 spiro atoms. The van der Waals surface area contributed by atoms with Crippen LogP contribution >= 0.6 is 0 Å². The van der Waals surface area contributed by atoms with Gasteiger partial charge in [-0.2, -0.15) is 0 Å².